The number of halogens is 4. The fraction of sp³-hybridized carbons (Fsp3) is 0.308. The van der Waals surface area contributed by atoms with E-state index >= 15 is 0 Å². The minimum Gasteiger partial charge on any atom is -0.323 e. The predicted octanol–water partition coefficient (Wildman–Crippen LogP) is 2.53. The zero-order valence-corrected chi connectivity index (χ0v) is 11.8. The lowest BCUT2D eigenvalue weighted by Gasteiger charge is -2.26. The molecule has 5 nitrogen and oxygen atoms in total. The summed E-state index contributed by atoms with van der Waals surface area (Å²) in [5.41, 5.74) is -0.396. The highest BCUT2D eigenvalue weighted by atomic mass is 19.4. The molecule has 2 rings (SSSR count). The smallest absolute Gasteiger partial charge is 0.323 e. The Morgan fingerprint density at radius 2 is 1.77 bits per heavy atom. The van der Waals surface area contributed by atoms with Gasteiger partial charge in [0.1, 0.15) is 17.7 Å². The molecule has 0 aliphatic rings. The molecule has 0 unspecified atom stereocenters. The van der Waals surface area contributed by atoms with Crippen LogP contribution >= 0.6 is 0 Å². The van der Waals surface area contributed by atoms with Crippen molar-refractivity contribution in [3.05, 3.63) is 47.8 Å². The average molecular weight is 315 g/mol. The van der Waals surface area contributed by atoms with Crippen LogP contribution in [-0.2, 0) is 11.7 Å². The largest absolute Gasteiger partial charge is 0.453 e. The number of hydrogen-bond acceptors (Lipinski definition) is 4. The summed E-state index contributed by atoms with van der Waals surface area (Å²) in [5.74, 6) is 3.67. The fourth-order valence-electron chi connectivity index (χ4n) is 1.96. The van der Waals surface area contributed by atoms with Crippen molar-refractivity contribution in [3.8, 4) is 0 Å². The third-order valence-electron chi connectivity index (χ3n) is 3.14. The number of hydrogen-bond donors (Lipinski definition) is 1. The summed E-state index contributed by atoms with van der Waals surface area (Å²) in [4.78, 5) is 3.25. The molecule has 118 valence electrons. The van der Waals surface area contributed by atoms with Crippen molar-refractivity contribution in [2.24, 2.45) is 10.9 Å². The van der Waals surface area contributed by atoms with Gasteiger partial charge in [0, 0.05) is 5.56 Å². The van der Waals surface area contributed by atoms with E-state index in [9.17, 15) is 17.6 Å². The molecule has 1 heterocycles. The summed E-state index contributed by atoms with van der Waals surface area (Å²) in [5, 5.41) is 7.07. The number of aromatic nitrogens is 3. The van der Waals surface area contributed by atoms with Crippen LogP contribution in [0.4, 0.5) is 17.6 Å². The predicted molar refractivity (Wildman–Crippen MR) is 71.5 cm³/mol. The highest BCUT2D eigenvalue weighted by molar-refractivity contribution is 6.05. The van der Waals surface area contributed by atoms with E-state index in [0.717, 1.165) is 11.0 Å². The Hall–Kier alpha value is -2.45. The number of rotatable bonds is 3. The van der Waals surface area contributed by atoms with Gasteiger partial charge < -0.3 is 5.84 Å². The van der Waals surface area contributed by atoms with Gasteiger partial charge >= 0.3 is 6.18 Å². The van der Waals surface area contributed by atoms with Crippen molar-refractivity contribution >= 4 is 5.71 Å². The van der Waals surface area contributed by atoms with Crippen LogP contribution in [0.15, 0.2) is 35.7 Å². The fourth-order valence-corrected chi connectivity index (χ4v) is 1.96. The molecule has 22 heavy (non-hydrogen) atoms. The zero-order valence-electron chi connectivity index (χ0n) is 11.8. The molecule has 0 saturated heterocycles. The lowest BCUT2D eigenvalue weighted by atomic mass is 9.92. The van der Waals surface area contributed by atoms with E-state index in [2.05, 4.69) is 15.2 Å². The standard InChI is InChI=1S/C13H13F4N5/c1-12(2,22-7-19-11(21-22)13(15,16)17)10(20-18)8-3-5-9(14)6-4-8/h3-7H,18H2,1-2H3. The van der Waals surface area contributed by atoms with Crippen LogP contribution in [0, 0.1) is 5.82 Å². The van der Waals surface area contributed by atoms with Gasteiger partial charge in [0.2, 0.25) is 0 Å². The van der Waals surface area contributed by atoms with E-state index in [-0.39, 0.29) is 5.71 Å². The maximum atomic E-state index is 13.0. The van der Waals surface area contributed by atoms with E-state index in [0.29, 0.717) is 5.56 Å². The molecule has 0 fully saturated rings. The van der Waals surface area contributed by atoms with Gasteiger partial charge in [-0.2, -0.15) is 18.3 Å². The summed E-state index contributed by atoms with van der Waals surface area (Å²) >= 11 is 0. The second kappa shape index (κ2) is 5.39. The molecule has 1 aromatic carbocycles. The van der Waals surface area contributed by atoms with Gasteiger partial charge in [0.05, 0.1) is 5.71 Å². The summed E-state index contributed by atoms with van der Waals surface area (Å²) in [6.45, 7) is 3.16. The zero-order chi connectivity index (χ0) is 16.5. The Kier molecular flexibility index (Phi) is 3.90. The molecule has 0 bridgehead atoms. The number of benzene rings is 1. The van der Waals surface area contributed by atoms with Crippen LogP contribution in [0.3, 0.4) is 0 Å². The SMILES string of the molecule is CC(C)(C(=NN)c1ccc(F)cc1)n1cnc(C(F)(F)F)n1. The van der Waals surface area contributed by atoms with Crippen LogP contribution in [0.1, 0.15) is 25.2 Å². The molecular formula is C13H13F4N5. The molecule has 0 saturated carbocycles. The minimum atomic E-state index is -4.64. The second-order valence-electron chi connectivity index (χ2n) is 5.05. The summed E-state index contributed by atoms with van der Waals surface area (Å²) < 4.78 is 51.8. The van der Waals surface area contributed by atoms with Crippen LogP contribution in [-0.4, -0.2) is 20.5 Å². The second-order valence-corrected chi connectivity index (χ2v) is 5.05. The maximum Gasteiger partial charge on any atom is 0.453 e. The Balaban J connectivity index is 2.43. The maximum absolute atomic E-state index is 13.0. The van der Waals surface area contributed by atoms with E-state index in [1.54, 1.807) is 13.8 Å². The molecule has 0 amide bonds. The monoisotopic (exact) mass is 315 g/mol. The van der Waals surface area contributed by atoms with Crippen LogP contribution in [0.2, 0.25) is 0 Å². The third kappa shape index (κ3) is 2.92. The van der Waals surface area contributed by atoms with E-state index < -0.39 is 23.4 Å². The quantitative estimate of drug-likeness (QED) is 0.409. The van der Waals surface area contributed by atoms with Crippen LogP contribution in [0.25, 0.3) is 0 Å². The molecule has 0 aliphatic heterocycles. The van der Waals surface area contributed by atoms with E-state index in [1.807, 2.05) is 0 Å². The summed E-state index contributed by atoms with van der Waals surface area (Å²) in [6.07, 6.45) is -3.69. The number of alkyl halides is 3. The first-order chi connectivity index (χ1) is 10.2. The molecule has 1 aromatic heterocycles. The van der Waals surface area contributed by atoms with Crippen molar-refractivity contribution < 1.29 is 17.6 Å². The van der Waals surface area contributed by atoms with Crippen LogP contribution < -0.4 is 5.84 Å². The molecule has 2 aromatic rings. The van der Waals surface area contributed by atoms with Gasteiger partial charge in [-0.05, 0) is 26.0 Å². The van der Waals surface area contributed by atoms with Crippen molar-refractivity contribution in [3.63, 3.8) is 0 Å². The van der Waals surface area contributed by atoms with Crippen molar-refractivity contribution in [2.75, 3.05) is 0 Å². The Morgan fingerprint density at radius 1 is 1.18 bits per heavy atom. The van der Waals surface area contributed by atoms with Gasteiger partial charge in [0.15, 0.2) is 0 Å². The van der Waals surface area contributed by atoms with Gasteiger partial charge in [-0.1, -0.05) is 12.1 Å². The normalized spacial score (nSPS) is 13.5. The number of hydrazone groups is 1. The van der Waals surface area contributed by atoms with Gasteiger partial charge in [0.25, 0.3) is 5.82 Å². The third-order valence-corrected chi connectivity index (χ3v) is 3.14. The lowest BCUT2D eigenvalue weighted by molar-refractivity contribution is -0.145. The minimum absolute atomic E-state index is 0.242. The summed E-state index contributed by atoms with van der Waals surface area (Å²) in [6, 6.07) is 5.28. The first-order valence-electron chi connectivity index (χ1n) is 6.20. The number of nitrogens with zero attached hydrogens (tertiary/aromatic N) is 4. The Morgan fingerprint density at radius 3 is 2.23 bits per heavy atom. The summed E-state index contributed by atoms with van der Waals surface area (Å²) in [7, 11) is 0. The molecule has 9 heteroatoms. The van der Waals surface area contributed by atoms with Gasteiger partial charge in [-0.25, -0.2) is 14.1 Å². The van der Waals surface area contributed by atoms with Crippen LogP contribution in [0.5, 0.6) is 0 Å². The van der Waals surface area contributed by atoms with Crippen molar-refractivity contribution in [2.45, 2.75) is 25.6 Å². The molecular weight excluding hydrogens is 302 g/mol. The first-order valence-corrected chi connectivity index (χ1v) is 6.20. The topological polar surface area (TPSA) is 69.1 Å². The van der Waals surface area contributed by atoms with Gasteiger partial charge in [-0.3, -0.25) is 0 Å². The highest BCUT2D eigenvalue weighted by Gasteiger charge is 2.38. The van der Waals surface area contributed by atoms with E-state index in [4.69, 9.17) is 5.84 Å². The molecule has 0 aliphatic carbocycles. The van der Waals surface area contributed by atoms with Gasteiger partial charge in [-0.15, -0.1) is 5.10 Å². The molecule has 0 radical (unpaired) electrons. The number of nitrogens with two attached hydrogens (primary N) is 1. The first kappa shape index (κ1) is 15.9. The van der Waals surface area contributed by atoms with Crippen molar-refractivity contribution in [1.29, 1.82) is 0 Å². The molecule has 0 atom stereocenters. The van der Waals surface area contributed by atoms with Crippen molar-refractivity contribution in [1.82, 2.24) is 14.8 Å². The lowest BCUT2D eigenvalue weighted by Crippen LogP contribution is -2.38. The van der Waals surface area contributed by atoms with E-state index in [1.165, 1.54) is 24.3 Å². The average Bonchev–Trinajstić information content (AvgIpc) is 2.92. The molecule has 2 N–H and O–H groups in total. The Bertz CT molecular complexity index is 685. The highest BCUT2D eigenvalue weighted by Crippen LogP contribution is 2.28. The Labute approximate surface area is 123 Å². The molecule has 0 spiro atoms.